The first-order valence-corrected chi connectivity index (χ1v) is 10.8. The molecular formula is C23H25N3O4S. The predicted octanol–water partition coefficient (Wildman–Crippen LogP) is 3.90. The van der Waals surface area contributed by atoms with Gasteiger partial charge in [0.05, 0.1) is 25.0 Å². The molecule has 0 radical (unpaired) electrons. The number of allylic oxidation sites excluding steroid dienone is 1. The van der Waals surface area contributed by atoms with Gasteiger partial charge in [-0.05, 0) is 43.7 Å². The van der Waals surface area contributed by atoms with Gasteiger partial charge in [0.1, 0.15) is 11.8 Å². The number of methoxy groups -OCH3 is 1. The van der Waals surface area contributed by atoms with E-state index < -0.39 is 12.0 Å². The summed E-state index contributed by atoms with van der Waals surface area (Å²) in [5.74, 6) is 0.340. The number of esters is 1. The number of nitrogens with one attached hydrogen (secondary N) is 2. The highest BCUT2D eigenvalue weighted by molar-refractivity contribution is 8.14. The first kappa shape index (κ1) is 22.4. The molecule has 31 heavy (non-hydrogen) atoms. The second-order valence-electron chi connectivity index (χ2n) is 6.70. The summed E-state index contributed by atoms with van der Waals surface area (Å²) in [6.07, 6.45) is 0. The minimum absolute atomic E-state index is 0.139. The van der Waals surface area contributed by atoms with Crippen LogP contribution in [0.4, 0.5) is 5.69 Å². The molecule has 7 nitrogen and oxygen atoms in total. The van der Waals surface area contributed by atoms with Crippen molar-refractivity contribution in [2.24, 2.45) is 4.99 Å². The van der Waals surface area contributed by atoms with Crippen molar-refractivity contribution in [1.29, 1.82) is 0 Å². The Morgan fingerprint density at radius 3 is 2.48 bits per heavy atom. The van der Waals surface area contributed by atoms with Gasteiger partial charge >= 0.3 is 5.97 Å². The Hall–Kier alpha value is -3.26. The van der Waals surface area contributed by atoms with E-state index in [1.54, 1.807) is 14.0 Å². The van der Waals surface area contributed by atoms with Crippen LogP contribution in [0.5, 0.6) is 5.75 Å². The van der Waals surface area contributed by atoms with E-state index >= 15 is 0 Å². The molecule has 0 fully saturated rings. The molecule has 1 amide bonds. The molecule has 1 atom stereocenters. The van der Waals surface area contributed by atoms with Crippen LogP contribution in [-0.2, 0) is 14.3 Å². The number of carbonyl (C=O) groups is 2. The third kappa shape index (κ3) is 5.88. The van der Waals surface area contributed by atoms with E-state index in [1.165, 1.54) is 11.8 Å². The predicted molar refractivity (Wildman–Crippen MR) is 123 cm³/mol. The summed E-state index contributed by atoms with van der Waals surface area (Å²) in [5, 5.41) is 6.55. The van der Waals surface area contributed by atoms with Gasteiger partial charge in [-0.3, -0.25) is 4.79 Å². The summed E-state index contributed by atoms with van der Waals surface area (Å²) < 4.78 is 10.5. The van der Waals surface area contributed by atoms with E-state index in [0.717, 1.165) is 11.3 Å². The second kappa shape index (κ2) is 10.7. The van der Waals surface area contributed by atoms with Gasteiger partial charge in [-0.25, -0.2) is 9.79 Å². The molecule has 1 aliphatic rings. The fourth-order valence-corrected chi connectivity index (χ4v) is 3.82. The van der Waals surface area contributed by atoms with Crippen LogP contribution < -0.4 is 15.4 Å². The maximum atomic E-state index is 12.6. The molecule has 0 aliphatic carbocycles. The lowest BCUT2D eigenvalue weighted by Crippen LogP contribution is -2.31. The first-order valence-electron chi connectivity index (χ1n) is 9.86. The van der Waals surface area contributed by atoms with Crippen molar-refractivity contribution in [2.75, 3.05) is 24.8 Å². The highest BCUT2D eigenvalue weighted by Gasteiger charge is 2.30. The number of amidine groups is 1. The Labute approximate surface area is 185 Å². The Morgan fingerprint density at radius 2 is 1.84 bits per heavy atom. The van der Waals surface area contributed by atoms with Crippen LogP contribution in [-0.4, -0.2) is 36.5 Å². The minimum atomic E-state index is -0.536. The van der Waals surface area contributed by atoms with Crippen LogP contribution in [0.3, 0.4) is 0 Å². The zero-order chi connectivity index (χ0) is 22.2. The number of benzene rings is 2. The molecule has 0 saturated heterocycles. The van der Waals surface area contributed by atoms with Gasteiger partial charge in [0.15, 0.2) is 5.17 Å². The fourth-order valence-electron chi connectivity index (χ4n) is 3.07. The van der Waals surface area contributed by atoms with E-state index in [9.17, 15) is 9.59 Å². The van der Waals surface area contributed by atoms with Crippen molar-refractivity contribution in [2.45, 2.75) is 19.9 Å². The molecule has 2 N–H and O–H groups in total. The summed E-state index contributed by atoms with van der Waals surface area (Å²) >= 11 is 1.28. The van der Waals surface area contributed by atoms with Gasteiger partial charge in [-0.15, -0.1) is 0 Å². The number of hydrogen-bond acceptors (Lipinski definition) is 7. The van der Waals surface area contributed by atoms with Crippen molar-refractivity contribution in [3.05, 3.63) is 71.4 Å². The van der Waals surface area contributed by atoms with Gasteiger partial charge in [0, 0.05) is 11.4 Å². The van der Waals surface area contributed by atoms with Crippen molar-refractivity contribution in [1.82, 2.24) is 5.32 Å². The number of ether oxygens (including phenoxy) is 2. The van der Waals surface area contributed by atoms with Crippen LogP contribution in [0.1, 0.15) is 25.5 Å². The van der Waals surface area contributed by atoms with Gasteiger partial charge in [0.25, 0.3) is 0 Å². The summed E-state index contributed by atoms with van der Waals surface area (Å²) in [6.45, 7) is 3.85. The van der Waals surface area contributed by atoms with E-state index in [4.69, 9.17) is 14.5 Å². The van der Waals surface area contributed by atoms with Crippen molar-refractivity contribution in [3.63, 3.8) is 0 Å². The molecular weight excluding hydrogens is 414 g/mol. The smallest absolute Gasteiger partial charge is 0.338 e. The van der Waals surface area contributed by atoms with E-state index in [2.05, 4.69) is 10.6 Å². The first-order chi connectivity index (χ1) is 15.0. The minimum Gasteiger partial charge on any atom is -0.497 e. The molecule has 2 aromatic carbocycles. The Kier molecular flexibility index (Phi) is 7.72. The van der Waals surface area contributed by atoms with Crippen LogP contribution in [0.25, 0.3) is 0 Å². The molecule has 1 heterocycles. The number of anilines is 1. The lowest BCUT2D eigenvalue weighted by molar-refractivity contribution is -0.139. The summed E-state index contributed by atoms with van der Waals surface area (Å²) in [7, 11) is 1.60. The van der Waals surface area contributed by atoms with E-state index in [-0.39, 0.29) is 18.3 Å². The topological polar surface area (TPSA) is 89.0 Å². The summed E-state index contributed by atoms with van der Waals surface area (Å²) in [4.78, 5) is 29.6. The Balaban J connectivity index is 1.78. The molecule has 0 spiro atoms. The number of amides is 1. The molecule has 0 aromatic heterocycles. The number of nitrogens with zero attached hydrogens (tertiary/aromatic N) is 1. The molecule has 2 aromatic rings. The summed E-state index contributed by atoms with van der Waals surface area (Å²) in [6, 6.07) is 16.1. The number of rotatable bonds is 7. The van der Waals surface area contributed by atoms with Gasteiger partial charge in [-0.2, -0.15) is 0 Å². The molecule has 1 aliphatic heterocycles. The van der Waals surface area contributed by atoms with E-state index in [0.29, 0.717) is 22.2 Å². The molecule has 8 heteroatoms. The highest BCUT2D eigenvalue weighted by atomic mass is 32.2. The Bertz CT molecular complexity index is 988. The van der Waals surface area contributed by atoms with Crippen LogP contribution in [0.15, 0.2) is 70.9 Å². The van der Waals surface area contributed by atoms with Crippen molar-refractivity contribution in [3.8, 4) is 5.75 Å². The molecule has 0 saturated carbocycles. The summed E-state index contributed by atoms with van der Waals surface area (Å²) in [5.41, 5.74) is 2.67. The highest BCUT2D eigenvalue weighted by Crippen LogP contribution is 2.33. The zero-order valence-corrected chi connectivity index (χ0v) is 18.5. The van der Waals surface area contributed by atoms with Crippen LogP contribution in [0.2, 0.25) is 0 Å². The molecule has 162 valence electrons. The van der Waals surface area contributed by atoms with Crippen LogP contribution in [0, 0.1) is 0 Å². The van der Waals surface area contributed by atoms with Gasteiger partial charge < -0.3 is 20.1 Å². The third-order valence-corrected chi connectivity index (χ3v) is 5.43. The van der Waals surface area contributed by atoms with Crippen molar-refractivity contribution < 1.29 is 19.1 Å². The lowest BCUT2D eigenvalue weighted by atomic mass is 9.96. The fraction of sp³-hybridized carbons (Fsp3) is 0.261. The largest absolute Gasteiger partial charge is 0.497 e. The average Bonchev–Trinajstić information content (AvgIpc) is 2.78. The molecule has 3 rings (SSSR count). The average molecular weight is 440 g/mol. The standard InChI is InChI=1S/C23H25N3O4S/c1-4-30-22(28)20-15(2)24-23(26-21(20)16-10-12-18(29-3)13-11-16)31-14-19(27)25-17-8-6-5-7-9-17/h5-13,21H,4,14H2,1-3H3,(H,24,26)(H,25,27)/t21-/m0/s1. The maximum Gasteiger partial charge on any atom is 0.338 e. The SMILES string of the molecule is CCOC(=O)C1=C(C)NC(SCC(=O)Nc2ccccc2)=N[C@H]1c1ccc(OC)cc1. The number of carbonyl (C=O) groups excluding carboxylic acids is 2. The normalized spacial score (nSPS) is 15.6. The van der Waals surface area contributed by atoms with Crippen LogP contribution >= 0.6 is 11.8 Å². The number of thioether (sulfide) groups is 1. The number of aliphatic imine (C=N–C) groups is 1. The van der Waals surface area contributed by atoms with E-state index in [1.807, 2.05) is 61.5 Å². The molecule has 0 unspecified atom stereocenters. The molecule has 0 bridgehead atoms. The quantitative estimate of drug-likeness (QED) is 0.636. The van der Waals surface area contributed by atoms with Gasteiger partial charge in [-0.1, -0.05) is 42.1 Å². The van der Waals surface area contributed by atoms with Gasteiger partial charge in [0.2, 0.25) is 5.91 Å². The third-order valence-electron chi connectivity index (χ3n) is 4.54. The maximum absolute atomic E-state index is 12.6. The van der Waals surface area contributed by atoms with Crippen molar-refractivity contribution >= 4 is 34.5 Å². The number of para-hydroxylation sites is 1. The second-order valence-corrected chi connectivity index (χ2v) is 7.66. The Morgan fingerprint density at radius 1 is 1.13 bits per heavy atom. The monoisotopic (exact) mass is 439 g/mol. The lowest BCUT2D eigenvalue weighted by Gasteiger charge is -2.25. The number of hydrogen-bond donors (Lipinski definition) is 2. The zero-order valence-electron chi connectivity index (χ0n) is 17.7.